The van der Waals surface area contributed by atoms with E-state index >= 15 is 0 Å². The molecule has 6 nitrogen and oxygen atoms in total. The lowest BCUT2D eigenvalue weighted by molar-refractivity contribution is -0.150. The monoisotopic (exact) mass is 342 g/mol. The Balaban J connectivity index is 1.40. The second-order valence-electron chi connectivity index (χ2n) is 6.96. The second-order valence-corrected chi connectivity index (χ2v) is 6.96. The number of benzene rings is 1. The molecule has 0 bridgehead atoms. The summed E-state index contributed by atoms with van der Waals surface area (Å²) >= 11 is 0. The van der Waals surface area contributed by atoms with Crippen molar-refractivity contribution < 1.29 is 19.4 Å². The van der Waals surface area contributed by atoms with Crippen LogP contribution in [0.1, 0.15) is 36.0 Å². The number of aromatic nitrogens is 1. The van der Waals surface area contributed by atoms with E-state index in [4.69, 9.17) is 9.84 Å². The number of aliphatic carboxylic acids is 1. The van der Waals surface area contributed by atoms with Crippen LogP contribution in [0.25, 0.3) is 10.9 Å². The van der Waals surface area contributed by atoms with Gasteiger partial charge in [-0.25, -0.2) is 4.79 Å². The van der Waals surface area contributed by atoms with Crippen LogP contribution in [0.4, 0.5) is 0 Å². The van der Waals surface area contributed by atoms with E-state index in [1.807, 2.05) is 35.4 Å². The number of aromatic amines is 1. The van der Waals surface area contributed by atoms with Gasteiger partial charge in [-0.3, -0.25) is 4.79 Å². The number of carbonyl (C=O) groups excluding carboxylic acids is 1. The van der Waals surface area contributed by atoms with Gasteiger partial charge in [-0.05, 0) is 43.7 Å². The maximum atomic E-state index is 12.9. The van der Waals surface area contributed by atoms with Gasteiger partial charge in [0.1, 0.15) is 0 Å². The number of H-pyrrole nitrogens is 1. The Labute approximate surface area is 145 Å². The van der Waals surface area contributed by atoms with Crippen LogP contribution < -0.4 is 0 Å². The number of likely N-dealkylation sites (tertiary alicyclic amines) is 1. The van der Waals surface area contributed by atoms with Crippen LogP contribution in [0, 0.1) is 5.92 Å². The first-order chi connectivity index (χ1) is 12.1. The lowest BCUT2D eigenvalue weighted by Gasteiger charge is -2.34. The smallest absolute Gasteiger partial charge is 0.332 e. The quantitative estimate of drug-likeness (QED) is 0.898. The minimum absolute atomic E-state index is 0.0187. The Morgan fingerprint density at radius 1 is 1.12 bits per heavy atom. The standard InChI is InChI=1S/C19H22N2O4/c22-18(14-3-1-2-13-6-9-20-17(13)14)21-10-7-12(8-11-21)15-4-5-16(25-15)19(23)24/h1-3,6,9,12,15-16,20H,4-5,7-8,10-11H2,(H,23,24)/t15-,16+/m0/s1. The maximum Gasteiger partial charge on any atom is 0.332 e. The third-order valence-electron chi connectivity index (χ3n) is 5.50. The first kappa shape index (κ1) is 16.1. The lowest BCUT2D eigenvalue weighted by Crippen LogP contribution is -2.41. The van der Waals surface area contributed by atoms with E-state index in [9.17, 15) is 9.59 Å². The van der Waals surface area contributed by atoms with Gasteiger partial charge in [0.15, 0.2) is 6.10 Å². The van der Waals surface area contributed by atoms with Crippen LogP contribution in [-0.2, 0) is 9.53 Å². The van der Waals surface area contributed by atoms with Gasteiger partial charge >= 0.3 is 5.97 Å². The molecule has 0 unspecified atom stereocenters. The minimum Gasteiger partial charge on any atom is -0.479 e. The average molecular weight is 342 g/mol. The summed E-state index contributed by atoms with van der Waals surface area (Å²) in [4.78, 5) is 29.0. The Morgan fingerprint density at radius 2 is 1.92 bits per heavy atom. The number of piperidine rings is 1. The molecule has 2 N–H and O–H groups in total. The van der Waals surface area contributed by atoms with Crippen LogP contribution in [0.15, 0.2) is 30.5 Å². The zero-order valence-electron chi connectivity index (χ0n) is 14.0. The van der Waals surface area contributed by atoms with Crippen LogP contribution in [0.3, 0.4) is 0 Å². The fourth-order valence-electron chi connectivity index (χ4n) is 4.10. The van der Waals surface area contributed by atoms with Crippen LogP contribution in [-0.4, -0.2) is 52.2 Å². The summed E-state index contributed by atoms with van der Waals surface area (Å²) in [6.45, 7) is 1.39. The van der Waals surface area contributed by atoms with E-state index in [1.165, 1.54) is 0 Å². The molecule has 132 valence electrons. The number of carboxylic acids is 1. The zero-order chi connectivity index (χ0) is 17.4. The average Bonchev–Trinajstić information content (AvgIpc) is 3.30. The molecule has 2 fully saturated rings. The molecule has 2 atom stereocenters. The predicted molar refractivity (Wildman–Crippen MR) is 92.5 cm³/mol. The fraction of sp³-hybridized carbons (Fsp3) is 0.474. The molecule has 6 heteroatoms. The fourth-order valence-corrected chi connectivity index (χ4v) is 4.10. The molecule has 2 aliphatic heterocycles. The van der Waals surface area contributed by atoms with Crippen LogP contribution in [0.5, 0.6) is 0 Å². The van der Waals surface area contributed by atoms with E-state index in [0.717, 1.165) is 30.2 Å². The highest BCUT2D eigenvalue weighted by Gasteiger charge is 2.37. The number of para-hydroxylation sites is 1. The number of amides is 1. The molecule has 2 aromatic rings. The summed E-state index contributed by atoms with van der Waals surface area (Å²) in [5, 5.41) is 10.1. The Morgan fingerprint density at radius 3 is 2.64 bits per heavy atom. The molecule has 1 aromatic heterocycles. The maximum absolute atomic E-state index is 12.9. The number of hydrogen-bond acceptors (Lipinski definition) is 3. The molecule has 25 heavy (non-hydrogen) atoms. The van der Waals surface area contributed by atoms with Gasteiger partial charge in [-0.15, -0.1) is 0 Å². The highest BCUT2D eigenvalue weighted by molar-refractivity contribution is 6.05. The third kappa shape index (κ3) is 3.02. The van der Waals surface area contributed by atoms with Crippen LogP contribution >= 0.6 is 0 Å². The van der Waals surface area contributed by atoms with Crippen molar-refractivity contribution in [1.82, 2.24) is 9.88 Å². The summed E-state index contributed by atoms with van der Waals surface area (Å²) in [5.74, 6) is -0.467. The van der Waals surface area contributed by atoms with Crippen molar-refractivity contribution in [2.24, 2.45) is 5.92 Å². The van der Waals surface area contributed by atoms with Crippen LogP contribution in [0.2, 0.25) is 0 Å². The lowest BCUT2D eigenvalue weighted by atomic mass is 9.89. The summed E-state index contributed by atoms with van der Waals surface area (Å²) in [7, 11) is 0. The van der Waals surface area contributed by atoms with Gasteiger partial charge in [0.2, 0.25) is 0 Å². The number of rotatable bonds is 3. The van der Waals surface area contributed by atoms with Crippen molar-refractivity contribution in [3.63, 3.8) is 0 Å². The number of nitrogens with zero attached hydrogens (tertiary/aromatic N) is 1. The van der Waals surface area contributed by atoms with Crippen molar-refractivity contribution in [3.8, 4) is 0 Å². The molecule has 4 rings (SSSR count). The number of hydrogen-bond donors (Lipinski definition) is 2. The molecule has 2 aliphatic rings. The van der Waals surface area contributed by atoms with Crippen molar-refractivity contribution in [2.75, 3.05) is 13.1 Å². The number of carboxylic acid groups (broad SMARTS) is 1. The van der Waals surface area contributed by atoms with Crippen molar-refractivity contribution >= 4 is 22.8 Å². The van der Waals surface area contributed by atoms with E-state index in [-0.39, 0.29) is 12.0 Å². The Kier molecular flexibility index (Phi) is 4.21. The molecule has 0 saturated carbocycles. The number of nitrogens with one attached hydrogen (secondary N) is 1. The zero-order valence-corrected chi connectivity index (χ0v) is 14.0. The van der Waals surface area contributed by atoms with Gasteiger partial charge in [-0.1, -0.05) is 12.1 Å². The molecular formula is C19H22N2O4. The molecule has 1 aromatic carbocycles. The topological polar surface area (TPSA) is 82.6 Å². The molecular weight excluding hydrogens is 320 g/mol. The normalized spacial score (nSPS) is 24.7. The molecule has 0 spiro atoms. The molecule has 1 amide bonds. The van der Waals surface area contributed by atoms with Gasteiger partial charge in [-0.2, -0.15) is 0 Å². The van der Waals surface area contributed by atoms with Gasteiger partial charge in [0, 0.05) is 24.7 Å². The Hall–Kier alpha value is -2.34. The minimum atomic E-state index is -0.867. The van der Waals surface area contributed by atoms with Crippen molar-refractivity contribution in [2.45, 2.75) is 37.9 Å². The second kappa shape index (κ2) is 6.52. The highest BCUT2D eigenvalue weighted by Crippen LogP contribution is 2.32. The van der Waals surface area contributed by atoms with Gasteiger partial charge in [0.25, 0.3) is 5.91 Å². The summed E-state index contributed by atoms with van der Waals surface area (Å²) in [6, 6.07) is 7.74. The highest BCUT2D eigenvalue weighted by atomic mass is 16.5. The first-order valence-electron chi connectivity index (χ1n) is 8.87. The van der Waals surface area contributed by atoms with E-state index < -0.39 is 12.1 Å². The largest absolute Gasteiger partial charge is 0.479 e. The predicted octanol–water partition coefficient (Wildman–Crippen LogP) is 2.65. The number of carbonyl (C=O) groups is 2. The SMILES string of the molecule is O=C(O)[C@H]1CC[C@@H](C2CCN(C(=O)c3cccc4cc[nH]c34)CC2)O1. The van der Waals surface area contributed by atoms with E-state index in [1.54, 1.807) is 0 Å². The van der Waals surface area contributed by atoms with Crippen molar-refractivity contribution in [3.05, 3.63) is 36.0 Å². The summed E-state index contributed by atoms with van der Waals surface area (Å²) < 4.78 is 5.68. The van der Waals surface area contributed by atoms with E-state index in [2.05, 4.69) is 4.98 Å². The molecule has 2 saturated heterocycles. The summed E-state index contributed by atoms with van der Waals surface area (Å²) in [6.07, 6.45) is 4.34. The third-order valence-corrected chi connectivity index (χ3v) is 5.50. The molecule has 0 radical (unpaired) electrons. The Bertz CT molecular complexity index is 792. The first-order valence-corrected chi connectivity index (χ1v) is 8.87. The number of ether oxygens (including phenoxy) is 1. The van der Waals surface area contributed by atoms with Gasteiger partial charge < -0.3 is 19.7 Å². The summed E-state index contributed by atoms with van der Waals surface area (Å²) in [5.41, 5.74) is 1.60. The van der Waals surface area contributed by atoms with E-state index in [0.29, 0.717) is 31.0 Å². The van der Waals surface area contributed by atoms with Gasteiger partial charge in [0.05, 0.1) is 17.2 Å². The number of fused-ring (bicyclic) bond motifs is 1. The molecule has 0 aliphatic carbocycles. The molecule has 3 heterocycles. The van der Waals surface area contributed by atoms with Crippen molar-refractivity contribution in [1.29, 1.82) is 0 Å².